The third-order valence-electron chi connectivity index (χ3n) is 6.80. The summed E-state index contributed by atoms with van der Waals surface area (Å²) in [5.41, 5.74) is 8.23. The molecule has 1 amide bonds. The maximum Gasteiger partial charge on any atom is 0.258 e. The standard InChI is InChI=1S/C28H28FN3O4/c29-22-5-1-19(2-6-22)27(33)20-11-13-31(14-12-20)15-16-32(28(34)21-3-7-23(30)8-4-21)24-9-10-25-26(17-24)36-18-35-25/h1-10,17,20H,11-16,18,30H2. The number of hydrogen-bond donors (Lipinski definition) is 1. The molecular formula is C28H28FN3O4. The van der Waals surface area contributed by atoms with E-state index in [0.717, 1.165) is 31.6 Å². The molecule has 0 atom stereocenters. The number of ketones is 1. The number of carbonyl (C=O) groups is 2. The summed E-state index contributed by atoms with van der Waals surface area (Å²) in [6.45, 7) is 2.80. The van der Waals surface area contributed by atoms with Crippen LogP contribution in [0.3, 0.4) is 0 Å². The zero-order valence-electron chi connectivity index (χ0n) is 19.9. The molecule has 0 aromatic heterocycles. The van der Waals surface area contributed by atoms with Crippen LogP contribution in [-0.2, 0) is 0 Å². The van der Waals surface area contributed by atoms with Crippen LogP contribution in [0.1, 0.15) is 33.6 Å². The zero-order valence-corrected chi connectivity index (χ0v) is 19.9. The van der Waals surface area contributed by atoms with Gasteiger partial charge in [-0.05, 0) is 86.6 Å². The van der Waals surface area contributed by atoms with Gasteiger partial charge in [0.05, 0.1) is 0 Å². The van der Waals surface area contributed by atoms with Gasteiger partial charge in [0, 0.05) is 47.6 Å². The van der Waals surface area contributed by atoms with Gasteiger partial charge in [-0.15, -0.1) is 0 Å². The monoisotopic (exact) mass is 489 g/mol. The summed E-state index contributed by atoms with van der Waals surface area (Å²) in [6.07, 6.45) is 1.46. The van der Waals surface area contributed by atoms with Gasteiger partial charge in [-0.3, -0.25) is 9.59 Å². The molecular weight excluding hydrogens is 461 g/mol. The summed E-state index contributed by atoms with van der Waals surface area (Å²) in [7, 11) is 0. The van der Waals surface area contributed by atoms with Gasteiger partial charge < -0.3 is 25.0 Å². The van der Waals surface area contributed by atoms with E-state index >= 15 is 0 Å². The predicted molar refractivity (Wildman–Crippen MR) is 135 cm³/mol. The lowest BCUT2D eigenvalue weighted by Gasteiger charge is -2.33. The smallest absolute Gasteiger partial charge is 0.258 e. The first-order valence-electron chi connectivity index (χ1n) is 12.1. The fourth-order valence-corrected chi connectivity index (χ4v) is 4.69. The van der Waals surface area contributed by atoms with Crippen molar-refractivity contribution in [3.05, 3.63) is 83.7 Å². The van der Waals surface area contributed by atoms with Gasteiger partial charge >= 0.3 is 0 Å². The van der Waals surface area contributed by atoms with E-state index in [9.17, 15) is 14.0 Å². The fourth-order valence-electron chi connectivity index (χ4n) is 4.69. The minimum atomic E-state index is -0.345. The number of ether oxygens (including phenoxy) is 2. The van der Waals surface area contributed by atoms with Crippen molar-refractivity contribution in [1.29, 1.82) is 0 Å². The predicted octanol–water partition coefficient (Wildman–Crippen LogP) is 4.38. The van der Waals surface area contributed by atoms with Crippen LogP contribution in [0.4, 0.5) is 15.8 Å². The van der Waals surface area contributed by atoms with E-state index in [2.05, 4.69) is 4.90 Å². The van der Waals surface area contributed by atoms with Crippen molar-refractivity contribution >= 4 is 23.1 Å². The average Bonchev–Trinajstić information content (AvgIpc) is 3.38. The molecule has 2 aliphatic heterocycles. The van der Waals surface area contributed by atoms with Crippen molar-refractivity contribution < 1.29 is 23.5 Å². The number of carbonyl (C=O) groups excluding carboxylic acids is 2. The van der Waals surface area contributed by atoms with Gasteiger partial charge in [-0.1, -0.05) is 0 Å². The molecule has 3 aromatic carbocycles. The number of nitrogen functional groups attached to an aromatic ring is 1. The highest BCUT2D eigenvalue weighted by molar-refractivity contribution is 6.06. The quantitative estimate of drug-likeness (QED) is 0.392. The average molecular weight is 490 g/mol. The Morgan fingerprint density at radius 3 is 2.31 bits per heavy atom. The Kier molecular flexibility index (Phi) is 6.86. The third kappa shape index (κ3) is 5.18. The second kappa shape index (κ2) is 10.4. The molecule has 5 rings (SSSR count). The summed E-state index contributed by atoms with van der Waals surface area (Å²) in [4.78, 5) is 30.3. The number of rotatable bonds is 7. The van der Waals surface area contributed by atoms with Gasteiger partial charge in [0.2, 0.25) is 6.79 Å². The van der Waals surface area contributed by atoms with Crippen LogP contribution >= 0.6 is 0 Å². The fraction of sp³-hybridized carbons (Fsp3) is 0.286. The maximum atomic E-state index is 13.5. The Hall–Kier alpha value is -3.91. The van der Waals surface area contributed by atoms with Crippen molar-refractivity contribution in [2.75, 3.05) is 43.6 Å². The molecule has 2 heterocycles. The SMILES string of the molecule is Nc1ccc(C(=O)N(CCN2CCC(C(=O)c3ccc(F)cc3)CC2)c2ccc3c(c2)OCO3)cc1. The molecule has 7 nitrogen and oxygen atoms in total. The Morgan fingerprint density at radius 1 is 0.917 bits per heavy atom. The van der Waals surface area contributed by atoms with Crippen LogP contribution in [0.25, 0.3) is 0 Å². The number of fused-ring (bicyclic) bond motifs is 1. The van der Waals surface area contributed by atoms with Gasteiger partial charge in [0.1, 0.15) is 5.82 Å². The molecule has 0 saturated carbocycles. The number of benzene rings is 3. The van der Waals surface area contributed by atoms with Gasteiger partial charge in [0.25, 0.3) is 5.91 Å². The first-order valence-corrected chi connectivity index (χ1v) is 12.1. The van der Waals surface area contributed by atoms with Crippen molar-refractivity contribution in [1.82, 2.24) is 4.90 Å². The van der Waals surface area contributed by atoms with E-state index < -0.39 is 0 Å². The summed E-state index contributed by atoms with van der Waals surface area (Å²) in [6, 6.07) is 18.1. The van der Waals surface area contributed by atoms with E-state index in [1.807, 2.05) is 18.2 Å². The largest absolute Gasteiger partial charge is 0.454 e. The van der Waals surface area contributed by atoms with Crippen LogP contribution in [0.5, 0.6) is 11.5 Å². The summed E-state index contributed by atoms with van der Waals surface area (Å²) >= 11 is 0. The van der Waals surface area contributed by atoms with E-state index in [0.29, 0.717) is 41.4 Å². The first-order chi connectivity index (χ1) is 17.5. The number of likely N-dealkylation sites (tertiary alicyclic amines) is 1. The number of hydrogen-bond acceptors (Lipinski definition) is 6. The molecule has 2 aliphatic rings. The molecule has 2 N–H and O–H groups in total. The second-order valence-electron chi connectivity index (χ2n) is 9.10. The minimum Gasteiger partial charge on any atom is -0.454 e. The Labute approximate surface area is 209 Å². The highest BCUT2D eigenvalue weighted by Crippen LogP contribution is 2.36. The van der Waals surface area contributed by atoms with Crippen molar-refractivity contribution in [3.8, 4) is 11.5 Å². The molecule has 0 unspecified atom stereocenters. The van der Waals surface area contributed by atoms with Crippen molar-refractivity contribution in [3.63, 3.8) is 0 Å². The Bertz CT molecular complexity index is 1240. The van der Waals surface area contributed by atoms with Crippen LogP contribution in [-0.4, -0.2) is 49.6 Å². The Balaban J connectivity index is 1.25. The first kappa shape index (κ1) is 23.8. The molecule has 3 aromatic rings. The Morgan fingerprint density at radius 2 is 1.58 bits per heavy atom. The summed E-state index contributed by atoms with van der Waals surface area (Å²) in [5.74, 6) is 0.787. The lowest BCUT2D eigenvalue weighted by molar-refractivity contribution is 0.0841. The number of amides is 1. The molecule has 0 bridgehead atoms. The van der Waals surface area contributed by atoms with Gasteiger partial charge in [-0.25, -0.2) is 4.39 Å². The normalized spacial score (nSPS) is 15.6. The number of nitrogens with two attached hydrogens (primary N) is 1. The van der Waals surface area contributed by atoms with E-state index in [1.54, 1.807) is 41.3 Å². The second-order valence-corrected chi connectivity index (χ2v) is 9.10. The molecule has 1 fully saturated rings. The zero-order chi connectivity index (χ0) is 25.1. The maximum absolute atomic E-state index is 13.5. The molecule has 1 saturated heterocycles. The van der Waals surface area contributed by atoms with E-state index in [4.69, 9.17) is 15.2 Å². The highest BCUT2D eigenvalue weighted by atomic mass is 19.1. The van der Waals surface area contributed by atoms with Crippen molar-refractivity contribution in [2.45, 2.75) is 12.8 Å². The van der Waals surface area contributed by atoms with Crippen LogP contribution < -0.4 is 20.1 Å². The van der Waals surface area contributed by atoms with Gasteiger partial charge in [0.15, 0.2) is 17.3 Å². The molecule has 0 aliphatic carbocycles. The third-order valence-corrected chi connectivity index (χ3v) is 6.80. The number of piperidine rings is 1. The number of nitrogens with zero attached hydrogens (tertiary/aromatic N) is 2. The molecule has 0 spiro atoms. The lowest BCUT2D eigenvalue weighted by Crippen LogP contribution is -2.42. The lowest BCUT2D eigenvalue weighted by atomic mass is 9.89. The molecule has 186 valence electrons. The highest BCUT2D eigenvalue weighted by Gasteiger charge is 2.27. The van der Waals surface area contributed by atoms with E-state index in [-0.39, 0.29) is 30.2 Å². The molecule has 0 radical (unpaired) electrons. The summed E-state index contributed by atoms with van der Waals surface area (Å²) < 4.78 is 24.1. The number of anilines is 2. The topological polar surface area (TPSA) is 85.1 Å². The summed E-state index contributed by atoms with van der Waals surface area (Å²) in [5, 5.41) is 0. The number of halogens is 1. The molecule has 8 heteroatoms. The molecule has 36 heavy (non-hydrogen) atoms. The minimum absolute atomic E-state index is 0.0650. The van der Waals surface area contributed by atoms with Crippen LogP contribution in [0.2, 0.25) is 0 Å². The van der Waals surface area contributed by atoms with Gasteiger partial charge in [-0.2, -0.15) is 0 Å². The van der Waals surface area contributed by atoms with Crippen LogP contribution in [0.15, 0.2) is 66.7 Å². The van der Waals surface area contributed by atoms with Crippen molar-refractivity contribution in [2.24, 2.45) is 5.92 Å². The van der Waals surface area contributed by atoms with E-state index in [1.165, 1.54) is 12.1 Å². The number of Topliss-reactive ketones (excluding diaryl/α,β-unsaturated/α-hetero) is 1. The van der Waals surface area contributed by atoms with Crippen LogP contribution in [0, 0.1) is 11.7 Å².